The van der Waals surface area contributed by atoms with Crippen LogP contribution in [0.2, 0.25) is 0 Å². The second kappa shape index (κ2) is 16.2. The number of esters is 1. The minimum atomic E-state index is -0.0775. The van der Waals surface area contributed by atoms with Crippen molar-refractivity contribution in [2.75, 3.05) is 13.7 Å². The molecule has 0 aliphatic rings. The molecule has 0 aromatic carbocycles. The number of hydrogen-bond donors (Lipinski definition) is 1. The van der Waals surface area contributed by atoms with Gasteiger partial charge in [0.05, 0.1) is 7.11 Å². The first-order chi connectivity index (χ1) is 9.81. The van der Waals surface area contributed by atoms with Crippen LogP contribution in [0, 0.1) is 0 Å². The zero-order valence-corrected chi connectivity index (χ0v) is 13.2. The van der Waals surface area contributed by atoms with E-state index < -0.39 is 0 Å². The molecule has 0 aromatic rings. The molecule has 3 nitrogen and oxygen atoms in total. The number of carbonyl (C=O) groups excluding carboxylic acids is 1. The van der Waals surface area contributed by atoms with Gasteiger partial charge in [-0.2, -0.15) is 0 Å². The largest absolute Gasteiger partial charge is 0.469 e. The Morgan fingerprint density at radius 1 is 0.850 bits per heavy atom. The van der Waals surface area contributed by atoms with E-state index >= 15 is 0 Å². The quantitative estimate of drug-likeness (QED) is 0.293. The Balaban J connectivity index is 3.02. The molecule has 20 heavy (non-hydrogen) atoms. The predicted octanol–water partition coefficient (Wildman–Crippen LogP) is 4.36. The number of rotatable bonds is 14. The van der Waals surface area contributed by atoms with Gasteiger partial charge in [0, 0.05) is 13.0 Å². The van der Waals surface area contributed by atoms with Crippen LogP contribution in [-0.4, -0.2) is 19.6 Å². The Morgan fingerprint density at radius 3 is 1.85 bits per heavy atom. The summed E-state index contributed by atoms with van der Waals surface area (Å²) in [5.74, 6) is -0.0775. The minimum absolute atomic E-state index is 0.0775. The summed E-state index contributed by atoms with van der Waals surface area (Å²) in [5.41, 5.74) is 5.38. The Bertz CT molecular complexity index is 239. The second-order valence-corrected chi connectivity index (χ2v) is 5.36. The number of methoxy groups -OCH3 is 1. The third-order valence-electron chi connectivity index (χ3n) is 3.53. The van der Waals surface area contributed by atoms with Gasteiger partial charge in [0.1, 0.15) is 0 Å². The van der Waals surface area contributed by atoms with Gasteiger partial charge < -0.3 is 10.5 Å². The summed E-state index contributed by atoms with van der Waals surface area (Å²) in [6.07, 6.45) is 18.7. The van der Waals surface area contributed by atoms with Crippen LogP contribution in [0.15, 0.2) is 12.2 Å². The third kappa shape index (κ3) is 15.2. The maximum absolute atomic E-state index is 10.9. The highest BCUT2D eigenvalue weighted by atomic mass is 16.5. The van der Waals surface area contributed by atoms with Gasteiger partial charge >= 0.3 is 5.97 Å². The first-order valence-corrected chi connectivity index (χ1v) is 8.23. The molecule has 2 N–H and O–H groups in total. The van der Waals surface area contributed by atoms with E-state index in [0.29, 0.717) is 13.0 Å². The van der Waals surface area contributed by atoms with Crippen LogP contribution in [0.1, 0.15) is 77.0 Å². The predicted molar refractivity (Wildman–Crippen MR) is 85.6 cm³/mol. The highest BCUT2D eigenvalue weighted by Crippen LogP contribution is 2.12. The van der Waals surface area contributed by atoms with Crippen molar-refractivity contribution in [1.29, 1.82) is 0 Å². The minimum Gasteiger partial charge on any atom is -0.469 e. The number of hydrogen-bond acceptors (Lipinski definition) is 3. The lowest BCUT2D eigenvalue weighted by molar-refractivity contribution is -0.140. The van der Waals surface area contributed by atoms with E-state index in [4.69, 9.17) is 5.73 Å². The molecule has 0 aliphatic carbocycles. The number of allylic oxidation sites excluding steroid dienone is 1. The Morgan fingerprint density at radius 2 is 1.35 bits per heavy atom. The van der Waals surface area contributed by atoms with Crippen molar-refractivity contribution >= 4 is 5.97 Å². The molecule has 0 bridgehead atoms. The molecule has 0 spiro atoms. The number of unbranched alkanes of at least 4 members (excludes halogenated alkanes) is 10. The van der Waals surface area contributed by atoms with Crippen LogP contribution >= 0.6 is 0 Å². The molecule has 0 rings (SSSR count). The fourth-order valence-corrected chi connectivity index (χ4v) is 2.26. The lowest BCUT2D eigenvalue weighted by Gasteiger charge is -2.02. The van der Waals surface area contributed by atoms with Crippen molar-refractivity contribution < 1.29 is 9.53 Å². The Hall–Kier alpha value is -0.830. The summed E-state index contributed by atoms with van der Waals surface area (Å²) in [4.78, 5) is 10.9. The summed E-state index contributed by atoms with van der Waals surface area (Å²) in [6.45, 7) is 0.666. The molecule has 0 heterocycles. The van der Waals surface area contributed by atoms with Crippen LogP contribution < -0.4 is 5.73 Å². The topological polar surface area (TPSA) is 52.3 Å². The van der Waals surface area contributed by atoms with Gasteiger partial charge in [0.2, 0.25) is 0 Å². The van der Waals surface area contributed by atoms with Gasteiger partial charge in [-0.3, -0.25) is 4.79 Å². The Labute approximate surface area is 125 Å². The van der Waals surface area contributed by atoms with Gasteiger partial charge in [0.15, 0.2) is 0 Å². The second-order valence-electron chi connectivity index (χ2n) is 5.36. The zero-order chi connectivity index (χ0) is 14.9. The molecular weight excluding hydrogens is 250 g/mol. The molecule has 0 radical (unpaired) electrons. The van der Waals surface area contributed by atoms with E-state index in [9.17, 15) is 4.79 Å². The Kier molecular flexibility index (Phi) is 15.6. The molecular formula is C17H33NO2. The fraction of sp³-hybridized carbons (Fsp3) is 0.824. The molecule has 0 saturated carbocycles. The molecule has 0 fully saturated rings. The lowest BCUT2D eigenvalue weighted by atomic mass is 10.1. The summed E-state index contributed by atoms with van der Waals surface area (Å²) >= 11 is 0. The van der Waals surface area contributed by atoms with Crippen molar-refractivity contribution in [3.63, 3.8) is 0 Å². The summed E-state index contributed by atoms with van der Waals surface area (Å²) in [6, 6.07) is 0. The first kappa shape index (κ1) is 19.2. The van der Waals surface area contributed by atoms with Crippen LogP contribution in [-0.2, 0) is 9.53 Å². The van der Waals surface area contributed by atoms with Crippen molar-refractivity contribution in [1.82, 2.24) is 0 Å². The SMILES string of the molecule is COC(=O)CCCCCCCCCCCCC=CCN. The summed E-state index contributed by atoms with van der Waals surface area (Å²) < 4.78 is 4.61. The maximum Gasteiger partial charge on any atom is 0.305 e. The van der Waals surface area contributed by atoms with Gasteiger partial charge in [-0.05, 0) is 19.3 Å². The average Bonchev–Trinajstić information content (AvgIpc) is 2.47. The fourth-order valence-electron chi connectivity index (χ4n) is 2.26. The monoisotopic (exact) mass is 283 g/mol. The smallest absolute Gasteiger partial charge is 0.305 e. The average molecular weight is 283 g/mol. The molecule has 0 amide bonds. The van der Waals surface area contributed by atoms with Gasteiger partial charge in [-0.25, -0.2) is 0 Å². The number of carbonyl (C=O) groups is 1. The van der Waals surface area contributed by atoms with Crippen LogP contribution in [0.25, 0.3) is 0 Å². The van der Waals surface area contributed by atoms with E-state index in [0.717, 1.165) is 12.8 Å². The molecule has 0 saturated heterocycles. The van der Waals surface area contributed by atoms with Crippen LogP contribution in [0.3, 0.4) is 0 Å². The molecule has 0 atom stereocenters. The third-order valence-corrected chi connectivity index (χ3v) is 3.53. The highest BCUT2D eigenvalue weighted by Gasteiger charge is 1.99. The van der Waals surface area contributed by atoms with Crippen molar-refractivity contribution in [3.05, 3.63) is 12.2 Å². The van der Waals surface area contributed by atoms with E-state index in [1.54, 1.807) is 0 Å². The van der Waals surface area contributed by atoms with E-state index in [2.05, 4.69) is 10.8 Å². The lowest BCUT2D eigenvalue weighted by Crippen LogP contribution is -1.99. The van der Waals surface area contributed by atoms with Crippen molar-refractivity contribution in [3.8, 4) is 0 Å². The highest BCUT2D eigenvalue weighted by molar-refractivity contribution is 5.68. The number of ether oxygens (including phenoxy) is 1. The summed E-state index contributed by atoms with van der Waals surface area (Å²) in [7, 11) is 1.46. The van der Waals surface area contributed by atoms with Crippen molar-refractivity contribution in [2.24, 2.45) is 5.73 Å². The normalized spacial score (nSPS) is 11.1. The standard InChI is InChI=1S/C17H33NO2/c1-20-17(19)15-13-11-9-7-5-3-2-4-6-8-10-12-14-16-18/h12,14H,2-11,13,15-16,18H2,1H3. The van der Waals surface area contributed by atoms with E-state index in [1.807, 2.05) is 6.08 Å². The summed E-state index contributed by atoms with van der Waals surface area (Å²) in [5, 5.41) is 0. The zero-order valence-electron chi connectivity index (χ0n) is 13.2. The molecule has 118 valence electrons. The maximum atomic E-state index is 10.9. The van der Waals surface area contributed by atoms with Gasteiger partial charge in [-0.15, -0.1) is 0 Å². The van der Waals surface area contributed by atoms with Gasteiger partial charge in [0.25, 0.3) is 0 Å². The van der Waals surface area contributed by atoms with E-state index in [1.165, 1.54) is 64.9 Å². The molecule has 0 unspecified atom stereocenters. The van der Waals surface area contributed by atoms with E-state index in [-0.39, 0.29) is 5.97 Å². The van der Waals surface area contributed by atoms with Crippen molar-refractivity contribution in [2.45, 2.75) is 77.0 Å². The van der Waals surface area contributed by atoms with Crippen LogP contribution in [0.5, 0.6) is 0 Å². The van der Waals surface area contributed by atoms with Crippen LogP contribution in [0.4, 0.5) is 0 Å². The van der Waals surface area contributed by atoms with Gasteiger partial charge in [-0.1, -0.05) is 63.5 Å². The molecule has 0 aliphatic heterocycles. The number of nitrogens with two attached hydrogens (primary N) is 1. The molecule has 0 aromatic heterocycles. The first-order valence-electron chi connectivity index (χ1n) is 8.23. The molecule has 3 heteroatoms.